The second-order valence-electron chi connectivity index (χ2n) is 5.12. The van der Waals surface area contributed by atoms with Gasteiger partial charge in [0.05, 0.1) is 0 Å². The lowest BCUT2D eigenvalue weighted by Gasteiger charge is -2.05. The van der Waals surface area contributed by atoms with Crippen LogP contribution in [0.1, 0.15) is 28.7 Å². The molecule has 0 aliphatic heterocycles. The predicted octanol–water partition coefficient (Wildman–Crippen LogP) is 3.25. The molecule has 116 valence electrons. The number of aromatic nitrogens is 3. The Morgan fingerprint density at radius 1 is 1.17 bits per heavy atom. The quantitative estimate of drug-likeness (QED) is 0.800. The van der Waals surface area contributed by atoms with Crippen molar-refractivity contribution >= 4 is 11.7 Å². The summed E-state index contributed by atoms with van der Waals surface area (Å²) in [7, 11) is 0. The first-order valence-corrected chi connectivity index (χ1v) is 7.32. The summed E-state index contributed by atoms with van der Waals surface area (Å²) in [6, 6.07) is 10.7. The van der Waals surface area contributed by atoms with Crippen LogP contribution >= 0.6 is 0 Å². The number of carbonyl (C=O) groups excluding carboxylic acids is 1. The van der Waals surface area contributed by atoms with Gasteiger partial charge in [0.25, 0.3) is 5.91 Å². The highest BCUT2D eigenvalue weighted by molar-refractivity contribution is 6.03. The second kappa shape index (κ2) is 6.39. The maximum Gasteiger partial charge on any atom is 0.256 e. The molecule has 0 radical (unpaired) electrons. The minimum absolute atomic E-state index is 0.213. The highest BCUT2D eigenvalue weighted by Gasteiger charge is 2.10. The van der Waals surface area contributed by atoms with Gasteiger partial charge in [0.15, 0.2) is 0 Å². The fourth-order valence-corrected chi connectivity index (χ4v) is 2.02. The van der Waals surface area contributed by atoms with Gasteiger partial charge in [-0.05, 0) is 30.7 Å². The topological polar surface area (TPSA) is 80.9 Å². The van der Waals surface area contributed by atoms with Gasteiger partial charge in [-0.1, -0.05) is 30.3 Å². The molecule has 0 bridgehead atoms. The van der Waals surface area contributed by atoms with Gasteiger partial charge in [-0.25, -0.2) is 4.98 Å². The van der Waals surface area contributed by atoms with E-state index in [1.165, 1.54) is 0 Å². The highest BCUT2D eigenvalue weighted by Crippen LogP contribution is 2.17. The number of carbonyl (C=O) groups is 1. The first-order chi connectivity index (χ1) is 11.2. The standard InChI is InChI=1S/C17H16N4O2/c1-3-15-20-16(21-23-15)12-5-7-13(8-6-12)17(22)19-14-9-4-11(2)10-18-14/h4-10H,3H2,1-2H3,(H,18,19,22). The van der Waals surface area contributed by atoms with Crippen LogP contribution in [0.15, 0.2) is 47.1 Å². The van der Waals surface area contributed by atoms with Gasteiger partial charge in [-0.15, -0.1) is 0 Å². The second-order valence-corrected chi connectivity index (χ2v) is 5.12. The van der Waals surface area contributed by atoms with Crippen LogP contribution in [-0.2, 0) is 6.42 Å². The van der Waals surface area contributed by atoms with Crippen molar-refractivity contribution in [1.82, 2.24) is 15.1 Å². The van der Waals surface area contributed by atoms with E-state index in [1.807, 2.05) is 19.9 Å². The van der Waals surface area contributed by atoms with Gasteiger partial charge in [-0.2, -0.15) is 4.98 Å². The number of nitrogens with zero attached hydrogens (tertiary/aromatic N) is 3. The fourth-order valence-electron chi connectivity index (χ4n) is 2.02. The third-order valence-electron chi connectivity index (χ3n) is 3.33. The zero-order valence-electron chi connectivity index (χ0n) is 12.9. The molecule has 2 aromatic heterocycles. The average molecular weight is 308 g/mol. The molecule has 1 aromatic carbocycles. The van der Waals surface area contributed by atoms with Gasteiger partial charge in [0, 0.05) is 23.7 Å². The lowest BCUT2D eigenvalue weighted by Crippen LogP contribution is -2.12. The zero-order chi connectivity index (χ0) is 16.2. The number of benzene rings is 1. The smallest absolute Gasteiger partial charge is 0.256 e. The van der Waals surface area contributed by atoms with E-state index in [0.29, 0.717) is 29.5 Å². The molecule has 0 saturated heterocycles. The average Bonchev–Trinajstić information content (AvgIpc) is 3.06. The van der Waals surface area contributed by atoms with Crippen LogP contribution in [0.2, 0.25) is 0 Å². The minimum Gasteiger partial charge on any atom is -0.339 e. The van der Waals surface area contributed by atoms with Crippen molar-refractivity contribution in [1.29, 1.82) is 0 Å². The highest BCUT2D eigenvalue weighted by atomic mass is 16.5. The third-order valence-corrected chi connectivity index (χ3v) is 3.33. The monoisotopic (exact) mass is 308 g/mol. The van der Waals surface area contributed by atoms with E-state index in [1.54, 1.807) is 36.5 Å². The Morgan fingerprint density at radius 2 is 1.96 bits per heavy atom. The normalized spacial score (nSPS) is 10.5. The molecule has 6 nitrogen and oxygen atoms in total. The lowest BCUT2D eigenvalue weighted by atomic mass is 10.1. The van der Waals surface area contributed by atoms with E-state index in [4.69, 9.17) is 4.52 Å². The number of anilines is 1. The van der Waals surface area contributed by atoms with E-state index in [-0.39, 0.29) is 5.91 Å². The van der Waals surface area contributed by atoms with E-state index >= 15 is 0 Å². The van der Waals surface area contributed by atoms with Gasteiger partial charge in [-0.3, -0.25) is 4.79 Å². The van der Waals surface area contributed by atoms with Crippen molar-refractivity contribution in [3.63, 3.8) is 0 Å². The largest absolute Gasteiger partial charge is 0.339 e. The Balaban J connectivity index is 1.73. The maximum atomic E-state index is 12.2. The molecule has 0 aliphatic carbocycles. The van der Waals surface area contributed by atoms with Crippen LogP contribution < -0.4 is 5.32 Å². The summed E-state index contributed by atoms with van der Waals surface area (Å²) >= 11 is 0. The number of hydrogen-bond acceptors (Lipinski definition) is 5. The molecule has 0 aliphatic rings. The predicted molar refractivity (Wildman–Crippen MR) is 86.0 cm³/mol. The summed E-state index contributed by atoms with van der Waals surface area (Å²) in [5.41, 5.74) is 2.38. The van der Waals surface area contributed by atoms with Crippen LogP contribution in [0.25, 0.3) is 11.4 Å². The number of amides is 1. The molecule has 1 N–H and O–H groups in total. The summed E-state index contributed by atoms with van der Waals surface area (Å²) in [6.07, 6.45) is 2.40. The first kappa shape index (κ1) is 14.9. The van der Waals surface area contributed by atoms with Crippen molar-refractivity contribution in [2.75, 3.05) is 5.32 Å². The van der Waals surface area contributed by atoms with Gasteiger partial charge < -0.3 is 9.84 Å². The molecular formula is C17H16N4O2. The Labute approximate surface area is 133 Å². The molecule has 0 saturated carbocycles. The fraction of sp³-hybridized carbons (Fsp3) is 0.176. The van der Waals surface area contributed by atoms with Crippen molar-refractivity contribution in [2.24, 2.45) is 0 Å². The first-order valence-electron chi connectivity index (χ1n) is 7.32. The van der Waals surface area contributed by atoms with Crippen LogP contribution in [0.5, 0.6) is 0 Å². The van der Waals surface area contributed by atoms with E-state index < -0.39 is 0 Å². The summed E-state index contributed by atoms with van der Waals surface area (Å²) in [5.74, 6) is 1.42. The zero-order valence-corrected chi connectivity index (χ0v) is 12.9. The van der Waals surface area contributed by atoms with Crippen molar-refractivity contribution < 1.29 is 9.32 Å². The van der Waals surface area contributed by atoms with E-state index in [9.17, 15) is 4.79 Å². The summed E-state index contributed by atoms with van der Waals surface area (Å²) in [5, 5.41) is 6.67. The number of nitrogens with one attached hydrogen (secondary N) is 1. The van der Waals surface area contributed by atoms with Gasteiger partial charge >= 0.3 is 0 Å². The molecule has 6 heteroatoms. The van der Waals surface area contributed by atoms with Crippen LogP contribution in [-0.4, -0.2) is 21.0 Å². The van der Waals surface area contributed by atoms with Gasteiger partial charge in [0.1, 0.15) is 5.82 Å². The maximum absolute atomic E-state index is 12.2. The van der Waals surface area contributed by atoms with Crippen LogP contribution in [0.4, 0.5) is 5.82 Å². The van der Waals surface area contributed by atoms with Crippen LogP contribution in [0.3, 0.4) is 0 Å². The Bertz CT molecular complexity index is 807. The van der Waals surface area contributed by atoms with Gasteiger partial charge in [0.2, 0.25) is 11.7 Å². The summed E-state index contributed by atoms with van der Waals surface area (Å²) in [6.45, 7) is 3.89. The Hall–Kier alpha value is -3.02. The molecule has 23 heavy (non-hydrogen) atoms. The molecule has 3 aromatic rings. The molecule has 0 atom stereocenters. The Morgan fingerprint density at radius 3 is 2.57 bits per heavy atom. The summed E-state index contributed by atoms with van der Waals surface area (Å²) < 4.78 is 5.09. The van der Waals surface area contributed by atoms with Crippen molar-refractivity contribution in [3.8, 4) is 11.4 Å². The molecule has 0 unspecified atom stereocenters. The van der Waals surface area contributed by atoms with Crippen molar-refractivity contribution in [2.45, 2.75) is 20.3 Å². The van der Waals surface area contributed by atoms with E-state index in [0.717, 1.165) is 11.1 Å². The Kier molecular flexibility index (Phi) is 4.14. The SMILES string of the molecule is CCc1nc(-c2ccc(C(=O)Nc3ccc(C)cn3)cc2)no1. The minimum atomic E-state index is -0.213. The molecule has 2 heterocycles. The third kappa shape index (κ3) is 3.42. The molecule has 0 spiro atoms. The lowest BCUT2D eigenvalue weighted by molar-refractivity contribution is 0.102. The molecular weight excluding hydrogens is 292 g/mol. The number of aryl methyl sites for hydroxylation is 2. The molecule has 0 fully saturated rings. The number of hydrogen-bond donors (Lipinski definition) is 1. The summed E-state index contributed by atoms with van der Waals surface area (Å²) in [4.78, 5) is 20.6. The number of rotatable bonds is 4. The molecule has 3 rings (SSSR count). The van der Waals surface area contributed by atoms with Crippen LogP contribution in [0, 0.1) is 6.92 Å². The molecule has 1 amide bonds. The van der Waals surface area contributed by atoms with E-state index in [2.05, 4.69) is 20.4 Å². The number of pyridine rings is 1. The van der Waals surface area contributed by atoms with Crippen molar-refractivity contribution in [3.05, 3.63) is 59.6 Å².